The van der Waals surface area contributed by atoms with Gasteiger partial charge in [-0.05, 0) is 44.7 Å². The van der Waals surface area contributed by atoms with Crippen molar-refractivity contribution in [2.45, 2.75) is 58.3 Å². The van der Waals surface area contributed by atoms with Crippen molar-refractivity contribution in [3.8, 4) is 0 Å². The van der Waals surface area contributed by atoms with E-state index in [1.807, 2.05) is 43.9 Å². The Bertz CT molecular complexity index is 732. The summed E-state index contributed by atoms with van der Waals surface area (Å²) in [5.74, 6) is 0. The summed E-state index contributed by atoms with van der Waals surface area (Å²) in [6.07, 6.45) is 1.73. The largest absolute Gasteiger partial charge is 0.444 e. The fourth-order valence-corrected chi connectivity index (χ4v) is 3.67. The minimum atomic E-state index is -0.486. The summed E-state index contributed by atoms with van der Waals surface area (Å²) in [6, 6.07) is 21.0. The van der Waals surface area contributed by atoms with E-state index in [-0.39, 0.29) is 12.1 Å². The predicted molar refractivity (Wildman–Crippen MR) is 113 cm³/mol. The maximum atomic E-state index is 12.9. The first-order chi connectivity index (χ1) is 13.4. The Kier molecular flexibility index (Phi) is 6.74. The zero-order valence-electron chi connectivity index (χ0n) is 17.3. The predicted octanol–water partition coefficient (Wildman–Crippen LogP) is 5.09. The maximum absolute atomic E-state index is 12.9. The number of hydrogen-bond acceptors (Lipinski definition) is 3. The van der Waals surface area contributed by atoms with Gasteiger partial charge in [-0.2, -0.15) is 0 Å². The van der Waals surface area contributed by atoms with Gasteiger partial charge in [-0.25, -0.2) is 4.79 Å². The lowest BCUT2D eigenvalue weighted by Gasteiger charge is -2.39. The lowest BCUT2D eigenvalue weighted by Crippen LogP contribution is -2.48. The second-order valence-electron chi connectivity index (χ2n) is 8.59. The van der Waals surface area contributed by atoms with Crippen molar-refractivity contribution >= 4 is 6.09 Å². The Morgan fingerprint density at radius 2 is 1.50 bits per heavy atom. The summed E-state index contributed by atoms with van der Waals surface area (Å²) in [7, 11) is 0. The molecule has 150 valence electrons. The summed E-state index contributed by atoms with van der Waals surface area (Å²) in [5, 5.41) is 0. The molecule has 0 unspecified atom stereocenters. The van der Waals surface area contributed by atoms with Gasteiger partial charge in [0.25, 0.3) is 0 Å². The SMILES string of the molecule is CC(C)(C)OC(=O)N(Cc1ccccc1)C1CCN(Cc2ccccc2)CC1. The van der Waals surface area contributed by atoms with Gasteiger partial charge in [-0.1, -0.05) is 60.7 Å². The van der Waals surface area contributed by atoms with Crippen molar-refractivity contribution in [3.63, 3.8) is 0 Å². The average Bonchev–Trinajstić information content (AvgIpc) is 2.67. The van der Waals surface area contributed by atoms with Crippen LogP contribution in [-0.2, 0) is 17.8 Å². The minimum absolute atomic E-state index is 0.210. The molecule has 3 rings (SSSR count). The number of carbonyl (C=O) groups is 1. The third-order valence-electron chi connectivity index (χ3n) is 5.07. The second kappa shape index (κ2) is 9.24. The summed E-state index contributed by atoms with van der Waals surface area (Å²) >= 11 is 0. The van der Waals surface area contributed by atoms with Gasteiger partial charge in [0.2, 0.25) is 0 Å². The molecule has 0 saturated carbocycles. The van der Waals surface area contributed by atoms with E-state index in [2.05, 4.69) is 47.4 Å². The molecular weight excluding hydrogens is 348 g/mol. The van der Waals surface area contributed by atoms with Gasteiger partial charge >= 0.3 is 6.09 Å². The maximum Gasteiger partial charge on any atom is 0.410 e. The van der Waals surface area contributed by atoms with Crippen LogP contribution in [0.25, 0.3) is 0 Å². The number of hydrogen-bond donors (Lipinski definition) is 0. The van der Waals surface area contributed by atoms with Crippen LogP contribution in [-0.4, -0.2) is 40.6 Å². The smallest absolute Gasteiger partial charge is 0.410 e. The van der Waals surface area contributed by atoms with Crippen molar-refractivity contribution in [2.24, 2.45) is 0 Å². The molecule has 0 aromatic heterocycles. The normalized spacial score (nSPS) is 16.0. The molecule has 2 aromatic rings. The number of piperidine rings is 1. The van der Waals surface area contributed by atoms with Crippen molar-refractivity contribution in [2.75, 3.05) is 13.1 Å². The molecule has 0 bridgehead atoms. The monoisotopic (exact) mass is 380 g/mol. The second-order valence-corrected chi connectivity index (χ2v) is 8.59. The molecule has 28 heavy (non-hydrogen) atoms. The zero-order valence-corrected chi connectivity index (χ0v) is 17.3. The van der Waals surface area contributed by atoms with Gasteiger partial charge in [-0.3, -0.25) is 4.90 Å². The average molecular weight is 381 g/mol. The Morgan fingerprint density at radius 3 is 2.04 bits per heavy atom. The van der Waals surface area contributed by atoms with Crippen LogP contribution in [0.3, 0.4) is 0 Å². The van der Waals surface area contributed by atoms with E-state index in [0.717, 1.165) is 38.0 Å². The van der Waals surface area contributed by atoms with E-state index in [0.29, 0.717) is 6.54 Å². The quantitative estimate of drug-likeness (QED) is 0.724. The highest BCUT2D eigenvalue weighted by Gasteiger charge is 2.31. The number of rotatable bonds is 5. The molecule has 0 radical (unpaired) electrons. The Labute approximate surface area is 169 Å². The Hall–Kier alpha value is -2.33. The number of amides is 1. The fourth-order valence-electron chi connectivity index (χ4n) is 3.67. The lowest BCUT2D eigenvalue weighted by atomic mass is 10.0. The number of likely N-dealkylation sites (tertiary alicyclic amines) is 1. The highest BCUT2D eigenvalue weighted by molar-refractivity contribution is 5.68. The fraction of sp³-hybridized carbons (Fsp3) is 0.458. The topological polar surface area (TPSA) is 32.8 Å². The Balaban J connectivity index is 1.64. The molecule has 0 atom stereocenters. The van der Waals surface area contributed by atoms with Gasteiger partial charge in [0.05, 0.1) is 0 Å². The van der Waals surface area contributed by atoms with E-state index in [1.165, 1.54) is 5.56 Å². The Morgan fingerprint density at radius 1 is 0.964 bits per heavy atom. The van der Waals surface area contributed by atoms with Crippen molar-refractivity contribution in [1.29, 1.82) is 0 Å². The van der Waals surface area contributed by atoms with Crippen LogP contribution in [0.1, 0.15) is 44.7 Å². The molecule has 4 heteroatoms. The van der Waals surface area contributed by atoms with Crippen LogP contribution < -0.4 is 0 Å². The first-order valence-electron chi connectivity index (χ1n) is 10.2. The van der Waals surface area contributed by atoms with Crippen molar-refractivity contribution in [3.05, 3.63) is 71.8 Å². The van der Waals surface area contributed by atoms with Gasteiger partial charge in [0.1, 0.15) is 5.60 Å². The molecule has 1 heterocycles. The minimum Gasteiger partial charge on any atom is -0.444 e. The molecule has 0 N–H and O–H groups in total. The number of nitrogens with zero attached hydrogens (tertiary/aromatic N) is 2. The van der Waals surface area contributed by atoms with Gasteiger partial charge in [0, 0.05) is 32.2 Å². The third-order valence-corrected chi connectivity index (χ3v) is 5.07. The van der Waals surface area contributed by atoms with Gasteiger partial charge in [0.15, 0.2) is 0 Å². The van der Waals surface area contributed by atoms with E-state index < -0.39 is 5.60 Å². The molecule has 1 aliphatic rings. The molecule has 0 aliphatic carbocycles. The van der Waals surface area contributed by atoms with Gasteiger partial charge in [-0.15, -0.1) is 0 Å². The number of ether oxygens (including phenoxy) is 1. The standard InChI is InChI=1S/C24H32N2O2/c1-24(2,3)28-23(27)26(19-21-12-8-5-9-13-21)22-14-16-25(17-15-22)18-20-10-6-4-7-11-20/h4-13,22H,14-19H2,1-3H3. The number of benzene rings is 2. The zero-order chi connectivity index (χ0) is 20.0. The van der Waals surface area contributed by atoms with Crippen molar-refractivity contribution < 1.29 is 9.53 Å². The molecule has 1 saturated heterocycles. The molecule has 1 amide bonds. The van der Waals surface area contributed by atoms with Crippen molar-refractivity contribution in [1.82, 2.24) is 9.80 Å². The molecular formula is C24H32N2O2. The molecule has 4 nitrogen and oxygen atoms in total. The molecule has 1 aliphatic heterocycles. The summed E-state index contributed by atoms with van der Waals surface area (Å²) < 4.78 is 5.72. The van der Waals surface area contributed by atoms with Crippen LogP contribution in [0.5, 0.6) is 0 Å². The lowest BCUT2D eigenvalue weighted by molar-refractivity contribution is 0.00539. The van der Waals surface area contributed by atoms with Crippen LogP contribution in [0, 0.1) is 0 Å². The first-order valence-corrected chi connectivity index (χ1v) is 10.2. The molecule has 0 spiro atoms. The summed E-state index contributed by atoms with van der Waals surface area (Å²) in [6.45, 7) is 9.33. The first kappa shape index (κ1) is 20.4. The third kappa shape index (κ3) is 6.10. The van der Waals surface area contributed by atoms with E-state index in [9.17, 15) is 4.79 Å². The van der Waals surface area contributed by atoms with Crippen LogP contribution in [0.4, 0.5) is 4.79 Å². The van der Waals surface area contributed by atoms with E-state index in [4.69, 9.17) is 4.74 Å². The summed E-state index contributed by atoms with van der Waals surface area (Å²) in [4.78, 5) is 17.3. The highest BCUT2D eigenvalue weighted by atomic mass is 16.6. The number of carbonyl (C=O) groups excluding carboxylic acids is 1. The van der Waals surface area contributed by atoms with E-state index >= 15 is 0 Å². The summed E-state index contributed by atoms with van der Waals surface area (Å²) in [5.41, 5.74) is 1.99. The highest BCUT2D eigenvalue weighted by Crippen LogP contribution is 2.23. The van der Waals surface area contributed by atoms with Crippen LogP contribution >= 0.6 is 0 Å². The van der Waals surface area contributed by atoms with E-state index in [1.54, 1.807) is 0 Å². The van der Waals surface area contributed by atoms with Gasteiger partial charge < -0.3 is 9.64 Å². The van der Waals surface area contributed by atoms with Crippen LogP contribution in [0.2, 0.25) is 0 Å². The van der Waals surface area contributed by atoms with Crippen LogP contribution in [0.15, 0.2) is 60.7 Å². The molecule has 1 fully saturated rings. The molecule has 2 aromatic carbocycles.